The molecule has 118 valence electrons. The first kappa shape index (κ1) is 16.2. The molecule has 1 aromatic carbocycles. The van der Waals surface area contributed by atoms with Gasteiger partial charge in [0.05, 0.1) is 32.8 Å². The van der Waals surface area contributed by atoms with Crippen molar-refractivity contribution in [3.05, 3.63) is 18.2 Å². The first-order chi connectivity index (χ1) is 10.2. The maximum absolute atomic E-state index is 6.18. The second-order valence-corrected chi connectivity index (χ2v) is 5.35. The van der Waals surface area contributed by atoms with Crippen LogP contribution in [0, 0.1) is 0 Å². The summed E-state index contributed by atoms with van der Waals surface area (Å²) in [6, 6.07) is 5.43. The smallest absolute Gasteiger partial charge is 0.128 e. The Morgan fingerprint density at radius 1 is 1.00 bits per heavy atom. The second-order valence-electron chi connectivity index (χ2n) is 4.78. The largest absolute Gasteiger partial charge is 0.496 e. The van der Waals surface area contributed by atoms with Crippen molar-refractivity contribution in [1.29, 1.82) is 0 Å². The number of halogens is 1. The monoisotopic (exact) mass is 316 g/mol. The molecule has 1 fully saturated rings. The number of rotatable bonds is 8. The van der Waals surface area contributed by atoms with Crippen LogP contribution >= 0.6 is 11.6 Å². The first-order valence-electron chi connectivity index (χ1n) is 6.82. The number of hydrogen-bond acceptors (Lipinski definition) is 5. The summed E-state index contributed by atoms with van der Waals surface area (Å²) in [7, 11) is 4.85. The standard InChI is InChI=1S/C15H21ClO5/c1-17-4-5-20-15-13(16)9-14(15)21-12-7-10(18-2)6-11(8-12)19-3/h6-8,13-15H,4-5,9H2,1-3H3. The van der Waals surface area contributed by atoms with E-state index in [2.05, 4.69) is 0 Å². The third-order valence-corrected chi connectivity index (χ3v) is 3.82. The van der Waals surface area contributed by atoms with Crippen molar-refractivity contribution in [3.63, 3.8) is 0 Å². The molecule has 3 atom stereocenters. The molecule has 21 heavy (non-hydrogen) atoms. The predicted octanol–water partition coefficient (Wildman–Crippen LogP) is 2.49. The third kappa shape index (κ3) is 4.15. The zero-order valence-corrected chi connectivity index (χ0v) is 13.3. The fraction of sp³-hybridized carbons (Fsp3) is 0.600. The van der Waals surface area contributed by atoms with Crippen LogP contribution in [-0.4, -0.2) is 52.1 Å². The highest BCUT2D eigenvalue weighted by atomic mass is 35.5. The maximum atomic E-state index is 6.18. The van der Waals surface area contributed by atoms with Crippen molar-refractivity contribution in [2.75, 3.05) is 34.5 Å². The quantitative estimate of drug-likeness (QED) is 0.545. The number of methoxy groups -OCH3 is 3. The van der Waals surface area contributed by atoms with Crippen LogP contribution in [0.2, 0.25) is 0 Å². The van der Waals surface area contributed by atoms with Gasteiger partial charge in [-0.05, 0) is 0 Å². The molecule has 5 nitrogen and oxygen atoms in total. The van der Waals surface area contributed by atoms with E-state index in [1.165, 1.54) is 0 Å². The van der Waals surface area contributed by atoms with E-state index in [9.17, 15) is 0 Å². The normalized spacial score (nSPS) is 24.3. The summed E-state index contributed by atoms with van der Waals surface area (Å²) in [6.07, 6.45) is 0.554. The van der Waals surface area contributed by atoms with Crippen LogP contribution in [0.25, 0.3) is 0 Å². The lowest BCUT2D eigenvalue weighted by molar-refractivity contribution is -0.0899. The maximum Gasteiger partial charge on any atom is 0.128 e. The van der Waals surface area contributed by atoms with Gasteiger partial charge in [-0.3, -0.25) is 0 Å². The van der Waals surface area contributed by atoms with Crippen molar-refractivity contribution >= 4 is 11.6 Å². The fourth-order valence-corrected chi connectivity index (χ4v) is 2.56. The Morgan fingerprint density at radius 3 is 2.14 bits per heavy atom. The first-order valence-corrected chi connectivity index (χ1v) is 7.26. The van der Waals surface area contributed by atoms with Crippen LogP contribution in [0.5, 0.6) is 17.2 Å². The average Bonchev–Trinajstić information content (AvgIpc) is 2.50. The van der Waals surface area contributed by atoms with E-state index in [0.717, 1.165) is 6.42 Å². The Bertz CT molecular complexity index is 431. The summed E-state index contributed by atoms with van der Waals surface area (Å²) in [5, 5.41) is -0.0284. The molecular weight excluding hydrogens is 296 g/mol. The number of benzene rings is 1. The van der Waals surface area contributed by atoms with Crippen molar-refractivity contribution in [2.24, 2.45) is 0 Å². The minimum atomic E-state index is -0.126. The Balaban J connectivity index is 1.97. The second kappa shape index (κ2) is 7.73. The lowest BCUT2D eigenvalue weighted by Gasteiger charge is -2.40. The average molecular weight is 317 g/mol. The van der Waals surface area contributed by atoms with E-state index in [-0.39, 0.29) is 17.6 Å². The molecule has 1 aliphatic carbocycles. The molecule has 0 spiro atoms. The van der Waals surface area contributed by atoms with Crippen molar-refractivity contribution in [3.8, 4) is 17.2 Å². The van der Waals surface area contributed by atoms with Crippen LogP contribution in [0.3, 0.4) is 0 Å². The Morgan fingerprint density at radius 2 is 1.62 bits per heavy atom. The minimum Gasteiger partial charge on any atom is -0.496 e. The molecule has 0 N–H and O–H groups in total. The van der Waals surface area contributed by atoms with Gasteiger partial charge in [-0.1, -0.05) is 0 Å². The molecule has 0 bridgehead atoms. The van der Waals surface area contributed by atoms with Gasteiger partial charge in [0.1, 0.15) is 29.5 Å². The van der Waals surface area contributed by atoms with Crippen LogP contribution in [0.15, 0.2) is 18.2 Å². The van der Waals surface area contributed by atoms with Gasteiger partial charge in [0.2, 0.25) is 0 Å². The molecule has 2 rings (SSSR count). The summed E-state index contributed by atoms with van der Waals surface area (Å²) >= 11 is 6.18. The molecule has 0 aromatic heterocycles. The molecule has 0 radical (unpaired) electrons. The van der Waals surface area contributed by atoms with E-state index < -0.39 is 0 Å². The van der Waals surface area contributed by atoms with E-state index in [1.54, 1.807) is 27.4 Å². The minimum absolute atomic E-state index is 0.0284. The molecular formula is C15H21ClO5. The Kier molecular flexibility index (Phi) is 5.96. The molecule has 6 heteroatoms. The third-order valence-electron chi connectivity index (χ3n) is 3.39. The SMILES string of the molecule is COCCOC1C(Cl)CC1Oc1cc(OC)cc(OC)c1. The van der Waals surface area contributed by atoms with Gasteiger partial charge < -0.3 is 23.7 Å². The van der Waals surface area contributed by atoms with Crippen LogP contribution in [0.1, 0.15) is 6.42 Å². The lowest BCUT2D eigenvalue weighted by Crippen LogP contribution is -2.53. The fourth-order valence-electron chi connectivity index (χ4n) is 2.15. The highest BCUT2D eigenvalue weighted by Crippen LogP contribution is 2.35. The summed E-state index contributed by atoms with van der Waals surface area (Å²) in [5.74, 6) is 2.05. The van der Waals surface area contributed by atoms with Gasteiger partial charge >= 0.3 is 0 Å². The Hall–Kier alpha value is -1.17. The number of alkyl halides is 1. The Labute approximate surface area is 130 Å². The number of hydrogen-bond donors (Lipinski definition) is 0. The van der Waals surface area contributed by atoms with E-state index >= 15 is 0 Å². The van der Waals surface area contributed by atoms with Gasteiger partial charge in [-0.15, -0.1) is 11.6 Å². The highest BCUT2D eigenvalue weighted by molar-refractivity contribution is 6.21. The van der Waals surface area contributed by atoms with Gasteiger partial charge in [0.15, 0.2) is 0 Å². The van der Waals surface area contributed by atoms with E-state index in [1.807, 2.05) is 12.1 Å². The predicted molar refractivity (Wildman–Crippen MR) is 79.8 cm³/mol. The summed E-state index contributed by atoms with van der Waals surface area (Å²) in [6.45, 7) is 1.05. The van der Waals surface area contributed by atoms with Crippen LogP contribution < -0.4 is 14.2 Å². The molecule has 3 unspecified atom stereocenters. The zero-order valence-electron chi connectivity index (χ0n) is 12.5. The molecule has 1 aliphatic rings. The van der Waals surface area contributed by atoms with Gasteiger partial charge in [0, 0.05) is 31.7 Å². The molecule has 1 saturated carbocycles. The summed E-state index contributed by atoms with van der Waals surface area (Å²) in [4.78, 5) is 0. The van der Waals surface area contributed by atoms with Crippen molar-refractivity contribution < 1.29 is 23.7 Å². The summed E-state index contributed by atoms with van der Waals surface area (Å²) in [5.41, 5.74) is 0. The zero-order chi connectivity index (χ0) is 15.2. The highest BCUT2D eigenvalue weighted by Gasteiger charge is 2.42. The molecule has 0 saturated heterocycles. The van der Waals surface area contributed by atoms with Gasteiger partial charge in [0.25, 0.3) is 0 Å². The van der Waals surface area contributed by atoms with Crippen LogP contribution in [0.4, 0.5) is 0 Å². The molecule has 0 heterocycles. The topological polar surface area (TPSA) is 46.2 Å². The molecule has 0 aliphatic heterocycles. The van der Waals surface area contributed by atoms with E-state index in [4.69, 9.17) is 35.3 Å². The molecule has 0 amide bonds. The van der Waals surface area contributed by atoms with Crippen molar-refractivity contribution in [2.45, 2.75) is 24.0 Å². The van der Waals surface area contributed by atoms with E-state index in [0.29, 0.717) is 30.5 Å². The van der Waals surface area contributed by atoms with Crippen LogP contribution in [-0.2, 0) is 9.47 Å². The van der Waals surface area contributed by atoms with Gasteiger partial charge in [-0.25, -0.2) is 0 Å². The summed E-state index contributed by atoms with van der Waals surface area (Å²) < 4.78 is 27.0. The lowest BCUT2D eigenvalue weighted by atomic mass is 9.91. The molecule has 1 aromatic rings. The number of ether oxygens (including phenoxy) is 5. The van der Waals surface area contributed by atoms with Crippen molar-refractivity contribution in [1.82, 2.24) is 0 Å². The van der Waals surface area contributed by atoms with Gasteiger partial charge in [-0.2, -0.15) is 0 Å².